The standard InChI is InChI=1S/C8H14N2/c1-2-10-7(1)3-6-4-9-5-8(6)10/h6-9H,1-5H2/t6-,7-,8-/m1/s1. The maximum Gasteiger partial charge on any atom is 0.0264 e. The van der Waals surface area contributed by atoms with Gasteiger partial charge in [-0.15, -0.1) is 0 Å². The molecule has 0 aromatic heterocycles. The molecule has 1 N–H and O–H groups in total. The SMILES string of the molecule is C1NC[C@@H]2[C@@H]1C[C@H]1CCN12. The van der Waals surface area contributed by atoms with Crippen molar-refractivity contribution in [3.8, 4) is 0 Å². The molecule has 3 heterocycles. The summed E-state index contributed by atoms with van der Waals surface area (Å²) >= 11 is 0. The molecule has 2 nitrogen and oxygen atoms in total. The van der Waals surface area contributed by atoms with Gasteiger partial charge in [-0.1, -0.05) is 0 Å². The summed E-state index contributed by atoms with van der Waals surface area (Å²) in [4.78, 5) is 2.70. The van der Waals surface area contributed by atoms with E-state index in [1.807, 2.05) is 0 Å². The first-order valence-electron chi connectivity index (χ1n) is 4.41. The molecule has 0 amide bonds. The second-order valence-electron chi connectivity index (χ2n) is 3.90. The van der Waals surface area contributed by atoms with Crippen LogP contribution in [-0.4, -0.2) is 36.6 Å². The van der Waals surface area contributed by atoms with Crippen molar-refractivity contribution in [3.05, 3.63) is 0 Å². The van der Waals surface area contributed by atoms with E-state index in [0.717, 1.165) is 18.0 Å². The minimum Gasteiger partial charge on any atom is -0.315 e. The minimum atomic E-state index is 0.929. The Hall–Kier alpha value is -0.0800. The fourth-order valence-electron chi connectivity index (χ4n) is 2.85. The molecule has 3 fully saturated rings. The molecule has 3 aliphatic rings. The van der Waals surface area contributed by atoms with Crippen LogP contribution >= 0.6 is 0 Å². The lowest BCUT2D eigenvalue weighted by Gasteiger charge is -2.38. The van der Waals surface area contributed by atoms with Crippen LogP contribution in [0.5, 0.6) is 0 Å². The number of nitrogens with zero attached hydrogens (tertiary/aromatic N) is 1. The Morgan fingerprint density at radius 3 is 3.10 bits per heavy atom. The summed E-state index contributed by atoms with van der Waals surface area (Å²) in [7, 11) is 0. The lowest BCUT2D eigenvalue weighted by atomic mass is 10.0. The highest BCUT2D eigenvalue weighted by Gasteiger charge is 2.47. The van der Waals surface area contributed by atoms with Crippen LogP contribution in [0.4, 0.5) is 0 Å². The van der Waals surface area contributed by atoms with Crippen molar-refractivity contribution in [2.24, 2.45) is 5.92 Å². The zero-order valence-electron chi connectivity index (χ0n) is 6.21. The van der Waals surface area contributed by atoms with Crippen molar-refractivity contribution in [2.75, 3.05) is 19.6 Å². The largest absolute Gasteiger partial charge is 0.315 e. The highest BCUT2D eigenvalue weighted by atomic mass is 15.3. The minimum absolute atomic E-state index is 0.929. The van der Waals surface area contributed by atoms with E-state index in [1.54, 1.807) is 0 Å². The highest BCUT2D eigenvalue weighted by Crippen LogP contribution is 2.39. The molecule has 3 aliphatic heterocycles. The summed E-state index contributed by atoms with van der Waals surface area (Å²) in [6.45, 7) is 3.94. The van der Waals surface area contributed by atoms with E-state index in [1.165, 1.54) is 32.5 Å². The summed E-state index contributed by atoms with van der Waals surface area (Å²) in [5.41, 5.74) is 0. The molecule has 0 bridgehead atoms. The first kappa shape index (κ1) is 5.56. The van der Waals surface area contributed by atoms with Crippen LogP contribution in [0.3, 0.4) is 0 Å². The molecule has 3 rings (SSSR count). The molecule has 2 heteroatoms. The zero-order valence-corrected chi connectivity index (χ0v) is 6.21. The molecule has 10 heavy (non-hydrogen) atoms. The van der Waals surface area contributed by atoms with Gasteiger partial charge in [-0.2, -0.15) is 0 Å². The van der Waals surface area contributed by atoms with Crippen LogP contribution in [-0.2, 0) is 0 Å². The third-order valence-corrected chi connectivity index (χ3v) is 3.49. The third-order valence-electron chi connectivity index (χ3n) is 3.49. The van der Waals surface area contributed by atoms with Crippen molar-refractivity contribution in [3.63, 3.8) is 0 Å². The Morgan fingerprint density at radius 2 is 2.30 bits per heavy atom. The monoisotopic (exact) mass is 138 g/mol. The van der Waals surface area contributed by atoms with Gasteiger partial charge < -0.3 is 5.32 Å². The lowest BCUT2D eigenvalue weighted by Crippen LogP contribution is -2.48. The Labute approximate surface area is 61.6 Å². The molecule has 0 aliphatic carbocycles. The van der Waals surface area contributed by atoms with Gasteiger partial charge in [0.15, 0.2) is 0 Å². The van der Waals surface area contributed by atoms with Crippen LogP contribution in [0.25, 0.3) is 0 Å². The summed E-state index contributed by atoms with van der Waals surface area (Å²) in [5, 5.41) is 3.47. The van der Waals surface area contributed by atoms with Crippen molar-refractivity contribution < 1.29 is 0 Å². The highest BCUT2D eigenvalue weighted by molar-refractivity contribution is 5.04. The van der Waals surface area contributed by atoms with Gasteiger partial charge in [-0.3, -0.25) is 4.90 Å². The molecule has 56 valence electrons. The molecular formula is C8H14N2. The quantitative estimate of drug-likeness (QED) is 0.509. The summed E-state index contributed by atoms with van der Waals surface area (Å²) in [5.74, 6) is 1.01. The van der Waals surface area contributed by atoms with Gasteiger partial charge in [-0.05, 0) is 25.3 Å². The van der Waals surface area contributed by atoms with Gasteiger partial charge in [0.05, 0.1) is 0 Å². The van der Waals surface area contributed by atoms with Crippen LogP contribution in [0, 0.1) is 5.92 Å². The average Bonchev–Trinajstić information content (AvgIpc) is 2.35. The third kappa shape index (κ3) is 0.523. The predicted octanol–water partition coefficient (Wildman–Crippen LogP) is 0.0524. The van der Waals surface area contributed by atoms with Gasteiger partial charge in [0, 0.05) is 25.2 Å². The Balaban J connectivity index is 1.85. The van der Waals surface area contributed by atoms with Crippen molar-refractivity contribution >= 4 is 0 Å². The average molecular weight is 138 g/mol. The summed E-state index contributed by atoms with van der Waals surface area (Å²) < 4.78 is 0. The second-order valence-corrected chi connectivity index (χ2v) is 3.90. The normalized spacial score (nSPS) is 52.2. The first-order valence-corrected chi connectivity index (χ1v) is 4.41. The second kappa shape index (κ2) is 1.74. The topological polar surface area (TPSA) is 15.3 Å². The van der Waals surface area contributed by atoms with Crippen LogP contribution in [0.15, 0.2) is 0 Å². The molecule has 0 spiro atoms. The fraction of sp³-hybridized carbons (Fsp3) is 1.00. The number of nitrogens with one attached hydrogen (secondary N) is 1. The van der Waals surface area contributed by atoms with E-state index < -0.39 is 0 Å². The van der Waals surface area contributed by atoms with Crippen molar-refractivity contribution in [1.82, 2.24) is 10.2 Å². The molecule has 3 atom stereocenters. The molecule has 0 aromatic rings. The molecule has 0 unspecified atom stereocenters. The summed E-state index contributed by atoms with van der Waals surface area (Å²) in [6.07, 6.45) is 2.96. The van der Waals surface area contributed by atoms with Crippen LogP contribution < -0.4 is 5.32 Å². The van der Waals surface area contributed by atoms with Crippen molar-refractivity contribution in [2.45, 2.75) is 24.9 Å². The van der Waals surface area contributed by atoms with Crippen LogP contribution in [0.2, 0.25) is 0 Å². The van der Waals surface area contributed by atoms with E-state index in [9.17, 15) is 0 Å². The van der Waals surface area contributed by atoms with Crippen LogP contribution in [0.1, 0.15) is 12.8 Å². The smallest absolute Gasteiger partial charge is 0.0264 e. The molecular weight excluding hydrogens is 124 g/mol. The van der Waals surface area contributed by atoms with E-state index >= 15 is 0 Å². The van der Waals surface area contributed by atoms with Crippen molar-refractivity contribution in [1.29, 1.82) is 0 Å². The lowest BCUT2D eigenvalue weighted by molar-refractivity contribution is 0.0977. The Bertz CT molecular complexity index is 155. The van der Waals surface area contributed by atoms with Gasteiger partial charge in [0.1, 0.15) is 0 Å². The number of rotatable bonds is 0. The fourth-order valence-corrected chi connectivity index (χ4v) is 2.85. The molecule has 3 saturated heterocycles. The van der Waals surface area contributed by atoms with Gasteiger partial charge >= 0.3 is 0 Å². The summed E-state index contributed by atoms with van der Waals surface area (Å²) in [6, 6.07) is 1.93. The Morgan fingerprint density at radius 1 is 1.30 bits per heavy atom. The van der Waals surface area contributed by atoms with E-state index in [-0.39, 0.29) is 0 Å². The number of hydrogen-bond acceptors (Lipinski definition) is 2. The van der Waals surface area contributed by atoms with E-state index in [2.05, 4.69) is 10.2 Å². The maximum atomic E-state index is 3.47. The molecule has 0 aromatic carbocycles. The zero-order chi connectivity index (χ0) is 6.55. The van der Waals surface area contributed by atoms with Gasteiger partial charge in [0.2, 0.25) is 0 Å². The molecule has 0 saturated carbocycles. The number of hydrogen-bond donors (Lipinski definition) is 1. The first-order chi connectivity index (χ1) is 4.95. The predicted molar refractivity (Wildman–Crippen MR) is 39.9 cm³/mol. The number of fused-ring (bicyclic) bond motifs is 3. The maximum absolute atomic E-state index is 3.47. The van der Waals surface area contributed by atoms with Gasteiger partial charge in [0.25, 0.3) is 0 Å². The van der Waals surface area contributed by atoms with E-state index in [4.69, 9.17) is 0 Å². The Kier molecular flexibility index (Phi) is 0.968. The molecule has 0 radical (unpaired) electrons. The van der Waals surface area contributed by atoms with E-state index in [0.29, 0.717) is 0 Å². The van der Waals surface area contributed by atoms with Gasteiger partial charge in [-0.25, -0.2) is 0 Å².